The molecule has 7 heteroatoms. The molecule has 5 aromatic carbocycles. The molecule has 0 N–H and O–H groups in total. The maximum absolute atomic E-state index is 13.8. The maximum Gasteiger partial charge on any atom is 0.156 e. The third-order valence-corrected chi connectivity index (χ3v) is 9.58. The van der Waals surface area contributed by atoms with E-state index in [0.29, 0.717) is 17.5 Å². The van der Waals surface area contributed by atoms with Gasteiger partial charge in [-0.1, -0.05) is 124 Å². The molecule has 54 heavy (non-hydrogen) atoms. The quantitative estimate of drug-likeness (QED) is 0.162. The van der Waals surface area contributed by atoms with Gasteiger partial charge in [-0.2, -0.15) is 0 Å². The minimum absolute atomic E-state index is 0. The van der Waals surface area contributed by atoms with Crippen LogP contribution in [0.5, 0.6) is 0 Å². The number of hydrogen-bond donors (Lipinski definition) is 0. The summed E-state index contributed by atoms with van der Waals surface area (Å²) in [6.45, 7) is 8.55. The first-order chi connectivity index (χ1) is 26.9. The molecular formula is C47H39FIrN4O-2. The van der Waals surface area contributed by atoms with Crippen LogP contribution in [0.3, 0.4) is 0 Å². The second-order valence-corrected chi connectivity index (χ2v) is 13.9. The van der Waals surface area contributed by atoms with Crippen LogP contribution < -0.4 is 0 Å². The predicted molar refractivity (Wildman–Crippen MR) is 214 cm³/mol. The molecule has 0 atom stereocenters. The topological polar surface area (TPSA) is 56.7 Å². The Hall–Kier alpha value is -5.49. The van der Waals surface area contributed by atoms with Crippen LogP contribution in [0.2, 0.25) is 0 Å². The Morgan fingerprint density at radius 1 is 0.759 bits per heavy atom. The number of rotatable bonds is 5. The standard InChI is InChI=1S/C34H28N3O.C13H11FN.Ir/c1-20(2)23-14-9-15-24(21(3)4)31(23)37-33(36-30-25-12-6-5-11-22(25)19-35-34(30)37)28-17-10-16-27-26-13-7-8-18-29(26)38-32(27)28;1-9-3-5-11(12(14)7-9)13-6-4-10(2)8-15-13;/h5-16,18-21H,1-4H3;3-4,6-8H,1-2H3;/q2*-1;/i;1D3;. The van der Waals surface area contributed by atoms with E-state index in [4.69, 9.17) is 18.5 Å². The van der Waals surface area contributed by atoms with Crippen molar-refractivity contribution in [2.75, 3.05) is 0 Å². The third kappa shape index (κ3) is 6.63. The maximum atomic E-state index is 13.8. The number of fused-ring (bicyclic) bond motifs is 6. The SMILES string of the molecule is CC(C)c1cccc(C(C)C)c1-n1c(-c2[c-]ccc3c2oc2ccccc23)nc2c3ccccc3cnc21.[2H]C([2H])([2H])c1c[c-]c(-c2ccc(C)cn2)c(F)c1.[Ir]. The van der Waals surface area contributed by atoms with Crippen LogP contribution >= 0.6 is 0 Å². The second kappa shape index (κ2) is 15.1. The number of hydrogen-bond acceptors (Lipinski definition) is 4. The predicted octanol–water partition coefficient (Wildman–Crippen LogP) is 12.5. The summed E-state index contributed by atoms with van der Waals surface area (Å²) in [4.78, 5) is 14.4. The molecule has 5 nitrogen and oxygen atoms in total. The molecule has 0 aliphatic heterocycles. The van der Waals surface area contributed by atoms with Crippen molar-refractivity contribution in [3.8, 4) is 28.3 Å². The first-order valence-corrected chi connectivity index (χ1v) is 17.8. The largest absolute Gasteiger partial charge is 0.501 e. The molecule has 0 aliphatic carbocycles. The minimum atomic E-state index is -2.32. The molecule has 4 aromatic heterocycles. The van der Waals surface area contributed by atoms with Gasteiger partial charge in [0.25, 0.3) is 0 Å². The zero-order chi connectivity index (χ0) is 39.3. The Labute approximate surface area is 332 Å². The van der Waals surface area contributed by atoms with Gasteiger partial charge in [-0.15, -0.1) is 42.0 Å². The van der Waals surface area contributed by atoms with Crippen molar-refractivity contribution in [1.29, 1.82) is 0 Å². The summed E-state index contributed by atoms with van der Waals surface area (Å²) >= 11 is 0. The van der Waals surface area contributed by atoms with Crippen molar-refractivity contribution in [2.24, 2.45) is 0 Å². The van der Waals surface area contributed by atoms with Gasteiger partial charge in [-0.3, -0.25) is 9.37 Å². The Morgan fingerprint density at radius 3 is 2.20 bits per heavy atom. The first kappa shape index (κ1) is 33.1. The van der Waals surface area contributed by atoms with E-state index >= 15 is 0 Å². The van der Waals surface area contributed by atoms with E-state index in [2.05, 4.69) is 97.9 Å². The number of para-hydroxylation sites is 2. The monoisotopic (exact) mass is 890 g/mol. The van der Waals surface area contributed by atoms with Crippen LogP contribution in [0.4, 0.5) is 4.39 Å². The number of furan rings is 1. The molecule has 0 saturated heterocycles. The van der Waals surface area contributed by atoms with Gasteiger partial charge < -0.3 is 14.0 Å². The summed E-state index contributed by atoms with van der Waals surface area (Å²) in [5, 5.41) is 4.31. The minimum Gasteiger partial charge on any atom is -0.501 e. The number of nitrogens with zero attached hydrogens (tertiary/aromatic N) is 4. The fraction of sp³-hybridized carbons (Fsp3) is 0.170. The third-order valence-electron chi connectivity index (χ3n) is 9.58. The van der Waals surface area contributed by atoms with Crippen molar-refractivity contribution < 1.29 is 33.0 Å². The van der Waals surface area contributed by atoms with E-state index in [1.165, 1.54) is 17.2 Å². The average Bonchev–Trinajstić information content (AvgIpc) is 3.77. The molecule has 1 radical (unpaired) electrons. The number of aryl methyl sites for hydroxylation is 2. The van der Waals surface area contributed by atoms with Gasteiger partial charge in [-0.25, -0.2) is 4.98 Å². The van der Waals surface area contributed by atoms with Gasteiger partial charge in [0.2, 0.25) is 0 Å². The molecule has 271 valence electrons. The molecule has 0 aliphatic rings. The van der Waals surface area contributed by atoms with E-state index in [9.17, 15) is 4.39 Å². The van der Waals surface area contributed by atoms with E-state index in [1.807, 2.05) is 49.5 Å². The molecule has 9 aromatic rings. The fourth-order valence-electron chi connectivity index (χ4n) is 6.95. The van der Waals surface area contributed by atoms with E-state index in [1.54, 1.807) is 12.3 Å². The molecule has 4 heterocycles. The normalized spacial score (nSPS) is 12.5. The second-order valence-electron chi connectivity index (χ2n) is 13.9. The first-order valence-electron chi connectivity index (χ1n) is 19.3. The number of pyridine rings is 2. The summed E-state index contributed by atoms with van der Waals surface area (Å²) in [6, 6.07) is 39.1. The van der Waals surface area contributed by atoms with Crippen LogP contribution in [0.25, 0.3) is 72.2 Å². The molecular weight excluding hydrogens is 848 g/mol. The van der Waals surface area contributed by atoms with Gasteiger partial charge in [0, 0.05) is 64.3 Å². The summed E-state index contributed by atoms with van der Waals surface area (Å²) in [6.07, 6.45) is 3.58. The van der Waals surface area contributed by atoms with Gasteiger partial charge in [-0.05, 0) is 47.2 Å². The molecule has 0 saturated carbocycles. The molecule has 0 unspecified atom stereocenters. The van der Waals surface area contributed by atoms with E-state index in [0.717, 1.165) is 72.6 Å². The molecule has 0 bridgehead atoms. The van der Waals surface area contributed by atoms with Gasteiger partial charge in [0.1, 0.15) is 11.1 Å². The zero-order valence-corrected chi connectivity index (χ0v) is 32.9. The van der Waals surface area contributed by atoms with E-state index in [-0.39, 0.29) is 31.2 Å². The Bertz CT molecular complexity index is 2870. The van der Waals surface area contributed by atoms with Crippen LogP contribution in [0.1, 0.15) is 65.9 Å². The van der Waals surface area contributed by atoms with Crippen molar-refractivity contribution in [3.63, 3.8) is 0 Å². The van der Waals surface area contributed by atoms with Gasteiger partial charge >= 0.3 is 0 Å². The Kier molecular flexibility index (Phi) is 9.25. The smallest absolute Gasteiger partial charge is 0.156 e. The molecule has 0 fully saturated rings. The molecule has 0 spiro atoms. The molecule has 0 amide bonds. The van der Waals surface area contributed by atoms with E-state index < -0.39 is 12.7 Å². The zero-order valence-electron chi connectivity index (χ0n) is 33.5. The van der Waals surface area contributed by atoms with Crippen LogP contribution in [-0.4, -0.2) is 19.5 Å². The summed E-state index contributed by atoms with van der Waals surface area (Å²) in [5.74, 6) is 0.810. The van der Waals surface area contributed by atoms with Crippen molar-refractivity contribution in [1.82, 2.24) is 19.5 Å². The van der Waals surface area contributed by atoms with Crippen LogP contribution in [0.15, 0.2) is 120 Å². The Morgan fingerprint density at radius 2 is 1.50 bits per heavy atom. The number of imidazole rings is 1. The fourth-order valence-corrected chi connectivity index (χ4v) is 6.95. The number of benzene rings is 5. The number of aromatic nitrogens is 4. The summed E-state index contributed by atoms with van der Waals surface area (Å²) in [5.41, 5.74) is 9.44. The van der Waals surface area contributed by atoms with Gasteiger partial charge in [0.05, 0.1) is 11.4 Å². The van der Waals surface area contributed by atoms with Crippen LogP contribution in [-0.2, 0) is 20.1 Å². The van der Waals surface area contributed by atoms with Crippen molar-refractivity contribution in [3.05, 3.63) is 156 Å². The van der Waals surface area contributed by atoms with Crippen LogP contribution in [0, 0.1) is 31.7 Å². The summed E-state index contributed by atoms with van der Waals surface area (Å²) in [7, 11) is 0. The number of halogens is 1. The Balaban J connectivity index is 0.000000221. The molecule has 9 rings (SSSR count). The average molecular weight is 890 g/mol. The van der Waals surface area contributed by atoms with Crippen molar-refractivity contribution >= 4 is 43.9 Å². The summed E-state index contributed by atoms with van der Waals surface area (Å²) < 4.78 is 44.2. The van der Waals surface area contributed by atoms with Gasteiger partial charge in [0.15, 0.2) is 5.65 Å². The van der Waals surface area contributed by atoms with Crippen molar-refractivity contribution in [2.45, 2.75) is 53.3 Å².